The Morgan fingerprint density at radius 1 is 1.15 bits per heavy atom. The molecule has 1 amide bonds. The monoisotopic (exact) mass is 348 g/mol. The SMILES string of the molecule is O=C1NC(=S)NC1=Cc1ccc(-c2ccccc2Br)o1. The van der Waals surface area contributed by atoms with Crippen LogP contribution in [0.3, 0.4) is 0 Å². The molecule has 3 rings (SSSR count). The van der Waals surface area contributed by atoms with Crippen LogP contribution in [-0.2, 0) is 4.79 Å². The molecule has 100 valence electrons. The number of benzene rings is 1. The van der Waals surface area contributed by atoms with Gasteiger partial charge in [-0.3, -0.25) is 10.1 Å². The fourth-order valence-corrected chi connectivity index (χ4v) is 2.54. The molecule has 0 spiro atoms. The van der Waals surface area contributed by atoms with E-state index in [1.807, 2.05) is 30.3 Å². The van der Waals surface area contributed by atoms with Crippen molar-refractivity contribution in [2.45, 2.75) is 0 Å². The predicted octanol–water partition coefficient (Wildman–Crippen LogP) is 3.05. The summed E-state index contributed by atoms with van der Waals surface area (Å²) in [6.45, 7) is 0. The molecule has 0 radical (unpaired) electrons. The van der Waals surface area contributed by atoms with Gasteiger partial charge in [0.1, 0.15) is 17.2 Å². The highest BCUT2D eigenvalue weighted by Crippen LogP contribution is 2.29. The molecule has 1 fully saturated rings. The number of furan rings is 1. The number of hydrogen-bond donors (Lipinski definition) is 2. The molecule has 0 bridgehead atoms. The normalized spacial score (nSPS) is 16.4. The van der Waals surface area contributed by atoms with Crippen LogP contribution in [0.4, 0.5) is 0 Å². The Bertz CT molecular complexity index is 736. The number of rotatable bonds is 2. The summed E-state index contributed by atoms with van der Waals surface area (Å²) in [5.74, 6) is 1.05. The lowest BCUT2D eigenvalue weighted by Crippen LogP contribution is -2.21. The summed E-state index contributed by atoms with van der Waals surface area (Å²) in [6.07, 6.45) is 1.62. The van der Waals surface area contributed by atoms with Crippen LogP contribution in [0.25, 0.3) is 17.4 Å². The minimum atomic E-state index is -0.256. The minimum Gasteiger partial charge on any atom is -0.457 e. The van der Waals surface area contributed by atoms with Crippen molar-refractivity contribution < 1.29 is 9.21 Å². The summed E-state index contributed by atoms with van der Waals surface area (Å²) >= 11 is 8.35. The zero-order valence-electron chi connectivity index (χ0n) is 10.1. The van der Waals surface area contributed by atoms with E-state index in [4.69, 9.17) is 16.6 Å². The zero-order chi connectivity index (χ0) is 14.1. The average Bonchev–Trinajstić information content (AvgIpc) is 2.98. The van der Waals surface area contributed by atoms with Gasteiger partial charge < -0.3 is 9.73 Å². The fraction of sp³-hybridized carbons (Fsp3) is 0. The van der Waals surface area contributed by atoms with Crippen LogP contribution in [0.2, 0.25) is 0 Å². The highest BCUT2D eigenvalue weighted by Gasteiger charge is 2.20. The van der Waals surface area contributed by atoms with Gasteiger partial charge in [-0.1, -0.05) is 34.1 Å². The number of nitrogens with one attached hydrogen (secondary N) is 2. The van der Waals surface area contributed by atoms with Crippen molar-refractivity contribution in [3.05, 3.63) is 52.3 Å². The van der Waals surface area contributed by atoms with Crippen LogP contribution in [0.1, 0.15) is 5.76 Å². The van der Waals surface area contributed by atoms with E-state index in [9.17, 15) is 4.79 Å². The molecule has 20 heavy (non-hydrogen) atoms. The van der Waals surface area contributed by atoms with Crippen molar-refractivity contribution >= 4 is 45.2 Å². The number of thiocarbonyl (C=S) groups is 1. The summed E-state index contributed by atoms with van der Waals surface area (Å²) in [7, 11) is 0. The van der Waals surface area contributed by atoms with E-state index in [0.29, 0.717) is 16.6 Å². The maximum Gasteiger partial charge on any atom is 0.274 e. The highest BCUT2D eigenvalue weighted by molar-refractivity contribution is 9.10. The van der Waals surface area contributed by atoms with Crippen molar-refractivity contribution in [2.24, 2.45) is 0 Å². The standard InChI is InChI=1S/C14H9BrN2O2S/c15-10-4-2-1-3-9(10)12-6-5-8(19-12)7-11-13(18)17-14(20)16-11/h1-7H,(H2,16,17,18,20). The van der Waals surface area contributed by atoms with Crippen LogP contribution in [-0.4, -0.2) is 11.0 Å². The Kier molecular flexibility index (Phi) is 3.42. The van der Waals surface area contributed by atoms with Gasteiger partial charge in [0.2, 0.25) is 0 Å². The van der Waals surface area contributed by atoms with Crippen molar-refractivity contribution in [3.8, 4) is 11.3 Å². The predicted molar refractivity (Wildman–Crippen MR) is 83.7 cm³/mol. The summed E-state index contributed by atoms with van der Waals surface area (Å²) in [5, 5.41) is 5.58. The third-order valence-electron chi connectivity index (χ3n) is 2.77. The highest BCUT2D eigenvalue weighted by atomic mass is 79.9. The molecule has 2 N–H and O–H groups in total. The van der Waals surface area contributed by atoms with E-state index in [2.05, 4.69) is 26.6 Å². The summed E-state index contributed by atoms with van der Waals surface area (Å²) in [5.41, 5.74) is 1.33. The van der Waals surface area contributed by atoms with Crippen molar-refractivity contribution in [3.63, 3.8) is 0 Å². The third-order valence-corrected chi connectivity index (χ3v) is 3.67. The second-order valence-corrected chi connectivity index (χ2v) is 5.41. The molecular weight excluding hydrogens is 340 g/mol. The lowest BCUT2D eigenvalue weighted by molar-refractivity contribution is -0.115. The fourth-order valence-electron chi connectivity index (χ4n) is 1.86. The van der Waals surface area contributed by atoms with Gasteiger partial charge in [-0.2, -0.15) is 0 Å². The molecule has 1 aromatic carbocycles. The molecule has 4 nitrogen and oxygen atoms in total. The Balaban J connectivity index is 1.92. The lowest BCUT2D eigenvalue weighted by atomic mass is 10.2. The van der Waals surface area contributed by atoms with E-state index in [1.54, 1.807) is 12.1 Å². The molecule has 1 aromatic heterocycles. The van der Waals surface area contributed by atoms with Gasteiger partial charge in [-0.15, -0.1) is 0 Å². The molecule has 0 saturated carbocycles. The van der Waals surface area contributed by atoms with Crippen molar-refractivity contribution in [2.75, 3.05) is 0 Å². The molecule has 0 unspecified atom stereocenters. The lowest BCUT2D eigenvalue weighted by Gasteiger charge is -1.99. The Labute approximate surface area is 129 Å². The molecule has 0 atom stereocenters. The first-order chi connectivity index (χ1) is 9.63. The van der Waals surface area contributed by atoms with E-state index < -0.39 is 0 Å². The number of halogens is 1. The minimum absolute atomic E-state index is 0.256. The Morgan fingerprint density at radius 2 is 1.95 bits per heavy atom. The quantitative estimate of drug-likeness (QED) is 0.646. The number of carbonyl (C=O) groups is 1. The van der Waals surface area contributed by atoms with Gasteiger partial charge in [0, 0.05) is 16.1 Å². The van der Waals surface area contributed by atoms with Crippen LogP contribution in [0.5, 0.6) is 0 Å². The van der Waals surface area contributed by atoms with Crippen LogP contribution < -0.4 is 10.6 Å². The van der Waals surface area contributed by atoms with E-state index in [-0.39, 0.29) is 5.91 Å². The van der Waals surface area contributed by atoms with E-state index in [1.165, 1.54) is 0 Å². The third kappa shape index (κ3) is 2.52. The van der Waals surface area contributed by atoms with Crippen LogP contribution in [0.15, 0.2) is 51.0 Å². The molecule has 0 aliphatic carbocycles. The summed E-state index contributed by atoms with van der Waals surface area (Å²) in [4.78, 5) is 11.5. The molecule has 2 aromatic rings. The first-order valence-electron chi connectivity index (χ1n) is 5.82. The number of carbonyl (C=O) groups excluding carboxylic acids is 1. The van der Waals surface area contributed by atoms with Gasteiger partial charge in [-0.25, -0.2) is 0 Å². The van der Waals surface area contributed by atoms with Crippen LogP contribution >= 0.6 is 28.1 Å². The topological polar surface area (TPSA) is 54.3 Å². The summed E-state index contributed by atoms with van der Waals surface area (Å²) in [6, 6.07) is 11.4. The largest absolute Gasteiger partial charge is 0.457 e. The van der Waals surface area contributed by atoms with E-state index >= 15 is 0 Å². The summed E-state index contributed by atoms with van der Waals surface area (Å²) < 4.78 is 6.68. The Hall–Kier alpha value is -1.92. The van der Waals surface area contributed by atoms with E-state index in [0.717, 1.165) is 15.8 Å². The first-order valence-corrected chi connectivity index (χ1v) is 7.02. The smallest absolute Gasteiger partial charge is 0.274 e. The maximum atomic E-state index is 11.5. The molecule has 2 heterocycles. The first kappa shape index (κ1) is 13.1. The van der Waals surface area contributed by atoms with Crippen molar-refractivity contribution in [1.82, 2.24) is 10.6 Å². The molecule has 1 saturated heterocycles. The van der Waals surface area contributed by atoms with Crippen LogP contribution in [0, 0.1) is 0 Å². The van der Waals surface area contributed by atoms with Gasteiger partial charge >= 0.3 is 0 Å². The maximum absolute atomic E-state index is 11.5. The second kappa shape index (κ2) is 5.22. The van der Waals surface area contributed by atoms with Gasteiger partial charge in [0.25, 0.3) is 5.91 Å². The van der Waals surface area contributed by atoms with Gasteiger partial charge in [0.05, 0.1) is 0 Å². The molecule has 1 aliphatic heterocycles. The van der Waals surface area contributed by atoms with Gasteiger partial charge in [-0.05, 0) is 30.4 Å². The zero-order valence-corrected chi connectivity index (χ0v) is 12.5. The molecule has 1 aliphatic rings. The van der Waals surface area contributed by atoms with Gasteiger partial charge in [0.15, 0.2) is 5.11 Å². The average molecular weight is 349 g/mol. The number of hydrogen-bond acceptors (Lipinski definition) is 3. The molecule has 6 heteroatoms. The molecular formula is C14H9BrN2O2S. The Morgan fingerprint density at radius 3 is 2.65 bits per heavy atom. The second-order valence-electron chi connectivity index (χ2n) is 4.15. The van der Waals surface area contributed by atoms with Crippen molar-refractivity contribution in [1.29, 1.82) is 0 Å². The number of amides is 1.